The molecule has 3 aromatic rings. The normalized spacial score (nSPS) is 16.4. The number of carbonyl (C=O) groups excluding carboxylic acids is 1. The second-order valence-electron chi connectivity index (χ2n) is 6.39. The summed E-state index contributed by atoms with van der Waals surface area (Å²) < 4.78 is 17.2. The van der Waals surface area contributed by atoms with Crippen LogP contribution < -0.4 is 14.8 Å². The molecule has 0 radical (unpaired) electrons. The van der Waals surface area contributed by atoms with Crippen molar-refractivity contribution in [1.82, 2.24) is 10.2 Å². The minimum atomic E-state index is -0.478. The van der Waals surface area contributed by atoms with Crippen molar-refractivity contribution < 1.29 is 18.7 Å². The number of thioether (sulfide) groups is 1. The predicted octanol–water partition coefficient (Wildman–Crippen LogP) is 4.01. The molecule has 1 aliphatic rings. The Kier molecular flexibility index (Phi) is 5.21. The van der Waals surface area contributed by atoms with E-state index < -0.39 is 11.4 Å². The number of rotatable bonds is 5. The standard InChI is InChI=1S/C20H19N3O4S/c1-12-7-9-14(10-8-12)21-18(24)13(2)28-20-23-22-19(27-20)17-11-25-15-5-3-4-6-16(15)26-17/h3-10,13,17H,11H2,1-2H3,(H,21,24)/t13-,17+/m1/s1. The quantitative estimate of drug-likeness (QED) is 0.651. The highest BCUT2D eigenvalue weighted by Crippen LogP contribution is 2.36. The number of para-hydroxylation sites is 2. The molecule has 0 aliphatic carbocycles. The zero-order valence-electron chi connectivity index (χ0n) is 15.4. The van der Waals surface area contributed by atoms with Crippen molar-refractivity contribution in [2.45, 2.75) is 30.4 Å². The van der Waals surface area contributed by atoms with E-state index in [0.717, 1.165) is 11.3 Å². The van der Waals surface area contributed by atoms with Crippen LogP contribution >= 0.6 is 11.8 Å². The average molecular weight is 397 g/mol. The number of hydrogen-bond donors (Lipinski definition) is 1. The Morgan fingerprint density at radius 1 is 1.14 bits per heavy atom. The minimum absolute atomic E-state index is 0.139. The lowest BCUT2D eigenvalue weighted by molar-refractivity contribution is -0.115. The van der Waals surface area contributed by atoms with E-state index in [1.165, 1.54) is 11.8 Å². The average Bonchev–Trinajstić information content (AvgIpc) is 3.17. The van der Waals surface area contributed by atoms with E-state index in [-0.39, 0.29) is 12.5 Å². The summed E-state index contributed by atoms with van der Waals surface area (Å²) in [5.41, 5.74) is 1.89. The van der Waals surface area contributed by atoms with Gasteiger partial charge >= 0.3 is 0 Å². The van der Waals surface area contributed by atoms with E-state index in [2.05, 4.69) is 15.5 Å². The van der Waals surface area contributed by atoms with E-state index in [1.54, 1.807) is 6.92 Å². The van der Waals surface area contributed by atoms with Crippen molar-refractivity contribution in [3.05, 3.63) is 60.0 Å². The summed E-state index contributed by atoms with van der Waals surface area (Å²) in [6.45, 7) is 4.07. The molecule has 144 valence electrons. The van der Waals surface area contributed by atoms with Gasteiger partial charge in [-0.3, -0.25) is 4.79 Å². The summed E-state index contributed by atoms with van der Waals surface area (Å²) in [6, 6.07) is 15.0. The van der Waals surface area contributed by atoms with Crippen LogP contribution in [-0.4, -0.2) is 28.0 Å². The number of amides is 1. The molecule has 7 nitrogen and oxygen atoms in total. The number of ether oxygens (including phenoxy) is 2. The molecule has 8 heteroatoms. The van der Waals surface area contributed by atoms with Crippen molar-refractivity contribution in [1.29, 1.82) is 0 Å². The maximum atomic E-state index is 12.4. The Balaban J connectivity index is 1.36. The van der Waals surface area contributed by atoms with E-state index in [0.29, 0.717) is 22.6 Å². The smallest absolute Gasteiger partial charge is 0.277 e. The fraction of sp³-hybridized carbons (Fsp3) is 0.250. The molecule has 1 amide bonds. The Bertz CT molecular complexity index is 974. The van der Waals surface area contributed by atoms with Gasteiger partial charge in [-0.2, -0.15) is 0 Å². The second kappa shape index (κ2) is 7.93. The molecule has 0 spiro atoms. The number of anilines is 1. The van der Waals surface area contributed by atoms with Crippen LogP contribution in [-0.2, 0) is 4.79 Å². The third-order valence-electron chi connectivity index (χ3n) is 4.17. The fourth-order valence-corrected chi connectivity index (χ4v) is 3.31. The van der Waals surface area contributed by atoms with Gasteiger partial charge in [-0.25, -0.2) is 0 Å². The van der Waals surface area contributed by atoms with E-state index in [1.807, 2.05) is 55.5 Å². The molecule has 1 aliphatic heterocycles. The third kappa shape index (κ3) is 4.12. The first-order chi connectivity index (χ1) is 13.6. The first-order valence-corrected chi connectivity index (χ1v) is 9.72. The first kappa shape index (κ1) is 18.4. The molecule has 0 fully saturated rings. The SMILES string of the molecule is Cc1ccc(NC(=O)[C@@H](C)Sc2nnc([C@@H]3COc4ccccc4O3)o2)cc1. The molecular weight excluding hydrogens is 378 g/mol. The number of hydrogen-bond acceptors (Lipinski definition) is 7. The van der Waals surface area contributed by atoms with E-state index in [4.69, 9.17) is 13.9 Å². The van der Waals surface area contributed by atoms with Gasteiger partial charge in [0.15, 0.2) is 11.5 Å². The van der Waals surface area contributed by atoms with Crippen LogP contribution in [0, 0.1) is 6.92 Å². The summed E-state index contributed by atoms with van der Waals surface area (Å²) in [4.78, 5) is 12.4. The summed E-state index contributed by atoms with van der Waals surface area (Å²) in [5.74, 6) is 1.51. The van der Waals surface area contributed by atoms with Crippen LogP contribution in [0.3, 0.4) is 0 Å². The molecule has 1 aromatic heterocycles. The molecule has 2 heterocycles. The van der Waals surface area contributed by atoms with Crippen LogP contribution in [0.5, 0.6) is 11.5 Å². The van der Waals surface area contributed by atoms with Crippen LogP contribution in [0.2, 0.25) is 0 Å². The van der Waals surface area contributed by atoms with Crippen LogP contribution in [0.15, 0.2) is 58.2 Å². The second-order valence-corrected chi connectivity index (χ2v) is 7.68. The van der Waals surface area contributed by atoms with Crippen molar-refractivity contribution in [3.8, 4) is 11.5 Å². The Labute approximate surface area is 166 Å². The lowest BCUT2D eigenvalue weighted by atomic mass is 10.2. The highest BCUT2D eigenvalue weighted by molar-refractivity contribution is 8.00. The zero-order chi connectivity index (χ0) is 19.5. The number of aromatic nitrogens is 2. The highest BCUT2D eigenvalue weighted by Gasteiger charge is 2.28. The topological polar surface area (TPSA) is 86.5 Å². The number of benzene rings is 2. The van der Waals surface area contributed by atoms with Crippen LogP contribution in [0.25, 0.3) is 0 Å². The number of nitrogens with one attached hydrogen (secondary N) is 1. The molecule has 2 atom stereocenters. The predicted molar refractivity (Wildman–Crippen MR) is 105 cm³/mol. The molecule has 0 bridgehead atoms. The Hall–Kier alpha value is -3.00. The van der Waals surface area contributed by atoms with Gasteiger partial charge in [-0.05, 0) is 38.1 Å². The summed E-state index contributed by atoms with van der Waals surface area (Å²) >= 11 is 1.20. The Morgan fingerprint density at radius 2 is 1.89 bits per heavy atom. The summed E-state index contributed by atoms with van der Waals surface area (Å²) in [6.07, 6.45) is -0.478. The summed E-state index contributed by atoms with van der Waals surface area (Å²) in [7, 11) is 0. The van der Waals surface area contributed by atoms with Crippen molar-refractivity contribution in [2.24, 2.45) is 0 Å². The lowest BCUT2D eigenvalue weighted by Crippen LogP contribution is -2.22. The summed E-state index contributed by atoms with van der Waals surface area (Å²) in [5, 5.41) is 10.8. The zero-order valence-corrected chi connectivity index (χ0v) is 16.2. The lowest BCUT2D eigenvalue weighted by Gasteiger charge is -2.23. The van der Waals surface area contributed by atoms with Crippen molar-refractivity contribution >= 4 is 23.4 Å². The van der Waals surface area contributed by atoms with Gasteiger partial charge < -0.3 is 19.2 Å². The maximum absolute atomic E-state index is 12.4. The number of carbonyl (C=O) groups is 1. The van der Waals surface area contributed by atoms with Gasteiger partial charge in [0.1, 0.15) is 6.61 Å². The van der Waals surface area contributed by atoms with Gasteiger partial charge in [0, 0.05) is 5.69 Å². The van der Waals surface area contributed by atoms with Crippen molar-refractivity contribution in [3.63, 3.8) is 0 Å². The molecule has 0 unspecified atom stereocenters. The van der Waals surface area contributed by atoms with Crippen LogP contribution in [0.1, 0.15) is 24.5 Å². The van der Waals surface area contributed by atoms with Crippen LogP contribution in [0.4, 0.5) is 5.69 Å². The highest BCUT2D eigenvalue weighted by atomic mass is 32.2. The molecule has 1 N–H and O–H groups in total. The molecular formula is C20H19N3O4S. The van der Waals surface area contributed by atoms with Gasteiger partial charge in [-0.1, -0.05) is 41.6 Å². The Morgan fingerprint density at radius 3 is 2.68 bits per heavy atom. The number of nitrogens with zero attached hydrogens (tertiary/aromatic N) is 2. The molecule has 0 saturated heterocycles. The number of aryl methyl sites for hydroxylation is 1. The maximum Gasteiger partial charge on any atom is 0.277 e. The minimum Gasteiger partial charge on any atom is -0.485 e. The van der Waals surface area contributed by atoms with E-state index >= 15 is 0 Å². The van der Waals surface area contributed by atoms with Gasteiger partial charge in [0.05, 0.1) is 5.25 Å². The van der Waals surface area contributed by atoms with Gasteiger partial charge in [0.2, 0.25) is 12.0 Å². The molecule has 2 aromatic carbocycles. The molecule has 28 heavy (non-hydrogen) atoms. The molecule has 0 saturated carbocycles. The first-order valence-electron chi connectivity index (χ1n) is 8.84. The molecule has 4 rings (SSSR count). The number of fused-ring (bicyclic) bond motifs is 1. The van der Waals surface area contributed by atoms with Gasteiger partial charge in [0.25, 0.3) is 11.1 Å². The van der Waals surface area contributed by atoms with Gasteiger partial charge in [-0.15, -0.1) is 10.2 Å². The van der Waals surface area contributed by atoms with Crippen molar-refractivity contribution in [2.75, 3.05) is 11.9 Å². The third-order valence-corrected chi connectivity index (χ3v) is 5.11. The largest absolute Gasteiger partial charge is 0.485 e. The van der Waals surface area contributed by atoms with E-state index in [9.17, 15) is 4.79 Å². The monoisotopic (exact) mass is 397 g/mol. The fourth-order valence-electron chi connectivity index (χ4n) is 2.62.